The zero-order chi connectivity index (χ0) is 19.5. The minimum Gasteiger partial charge on any atom is -0.493 e. The van der Waals surface area contributed by atoms with Gasteiger partial charge < -0.3 is 14.8 Å². The number of hydrogen-bond acceptors (Lipinski definition) is 4. The van der Waals surface area contributed by atoms with Crippen molar-refractivity contribution in [1.29, 1.82) is 0 Å². The molecule has 27 heavy (non-hydrogen) atoms. The minimum absolute atomic E-state index is 0.111. The van der Waals surface area contributed by atoms with Crippen molar-refractivity contribution in [2.24, 2.45) is 0 Å². The van der Waals surface area contributed by atoms with E-state index in [2.05, 4.69) is 5.32 Å². The summed E-state index contributed by atoms with van der Waals surface area (Å²) in [6.07, 6.45) is 2.76. The first-order valence-electron chi connectivity index (χ1n) is 9.35. The van der Waals surface area contributed by atoms with E-state index in [4.69, 9.17) is 9.47 Å². The lowest BCUT2D eigenvalue weighted by molar-refractivity contribution is -0.116. The molecule has 144 valence electrons. The molecule has 0 radical (unpaired) electrons. The molecule has 0 fully saturated rings. The Morgan fingerprint density at radius 1 is 1.00 bits per heavy atom. The largest absolute Gasteiger partial charge is 0.493 e. The molecule has 5 nitrogen and oxygen atoms in total. The average molecular weight is 369 g/mol. The first-order valence-corrected chi connectivity index (χ1v) is 9.35. The maximum absolute atomic E-state index is 12.1. The van der Waals surface area contributed by atoms with Crippen molar-refractivity contribution < 1.29 is 19.1 Å². The molecule has 1 amide bonds. The molecule has 0 spiro atoms. The molecule has 0 aliphatic heterocycles. The van der Waals surface area contributed by atoms with E-state index in [0.717, 1.165) is 24.2 Å². The number of ether oxygens (including phenoxy) is 2. The van der Waals surface area contributed by atoms with Crippen molar-refractivity contribution in [1.82, 2.24) is 0 Å². The highest BCUT2D eigenvalue weighted by Gasteiger charge is 2.09. The van der Waals surface area contributed by atoms with Crippen molar-refractivity contribution in [3.63, 3.8) is 0 Å². The third kappa shape index (κ3) is 7.13. The maximum atomic E-state index is 12.1. The summed E-state index contributed by atoms with van der Waals surface area (Å²) >= 11 is 0. The molecule has 0 atom stereocenters. The van der Waals surface area contributed by atoms with Gasteiger partial charge in [0.1, 0.15) is 5.75 Å². The normalized spacial score (nSPS) is 10.3. The van der Waals surface area contributed by atoms with Crippen molar-refractivity contribution in [3.05, 3.63) is 59.7 Å². The molecule has 2 rings (SSSR count). The number of aryl methyl sites for hydroxylation is 1. The molecule has 0 unspecified atom stereocenters. The quantitative estimate of drug-likeness (QED) is 0.485. The van der Waals surface area contributed by atoms with Gasteiger partial charge in [-0.3, -0.25) is 4.79 Å². The summed E-state index contributed by atoms with van der Waals surface area (Å²) in [5.41, 5.74) is 2.10. The van der Waals surface area contributed by atoms with E-state index in [0.29, 0.717) is 37.3 Å². The van der Waals surface area contributed by atoms with Gasteiger partial charge in [-0.25, -0.2) is 4.79 Å². The zero-order valence-corrected chi connectivity index (χ0v) is 16.0. The molecular formula is C22H27NO4. The highest BCUT2D eigenvalue weighted by atomic mass is 16.5. The summed E-state index contributed by atoms with van der Waals surface area (Å²) in [5, 5.41) is 2.81. The van der Waals surface area contributed by atoms with Crippen LogP contribution in [-0.4, -0.2) is 25.1 Å². The van der Waals surface area contributed by atoms with Gasteiger partial charge in [-0.1, -0.05) is 37.6 Å². The first-order chi connectivity index (χ1) is 13.1. The predicted molar refractivity (Wildman–Crippen MR) is 106 cm³/mol. The van der Waals surface area contributed by atoms with E-state index in [1.165, 1.54) is 0 Å². The molecule has 0 aliphatic carbocycles. The van der Waals surface area contributed by atoms with Crippen LogP contribution in [0.25, 0.3) is 0 Å². The maximum Gasteiger partial charge on any atom is 0.338 e. The van der Waals surface area contributed by atoms with Crippen LogP contribution in [0, 0.1) is 6.92 Å². The highest BCUT2D eigenvalue weighted by Crippen LogP contribution is 2.17. The summed E-state index contributed by atoms with van der Waals surface area (Å²) < 4.78 is 10.9. The van der Waals surface area contributed by atoms with E-state index >= 15 is 0 Å². The third-order valence-electron chi connectivity index (χ3n) is 4.01. The fraction of sp³-hybridized carbons (Fsp3) is 0.364. The second-order valence-electron chi connectivity index (χ2n) is 6.34. The fourth-order valence-corrected chi connectivity index (χ4v) is 2.47. The second kappa shape index (κ2) is 11.0. The van der Waals surface area contributed by atoms with E-state index in [-0.39, 0.29) is 11.9 Å². The minimum atomic E-state index is -0.369. The number of carbonyl (C=O) groups is 2. The van der Waals surface area contributed by atoms with Crippen LogP contribution in [0.4, 0.5) is 5.69 Å². The molecular weight excluding hydrogens is 342 g/mol. The summed E-state index contributed by atoms with van der Waals surface area (Å²) in [6, 6.07) is 14.6. The number of para-hydroxylation sites is 1. The zero-order valence-electron chi connectivity index (χ0n) is 16.0. The Hall–Kier alpha value is -2.82. The van der Waals surface area contributed by atoms with Crippen LogP contribution < -0.4 is 10.1 Å². The van der Waals surface area contributed by atoms with Gasteiger partial charge in [0.25, 0.3) is 0 Å². The number of nitrogens with one attached hydrogen (secondary N) is 1. The number of hydrogen-bond donors (Lipinski definition) is 1. The van der Waals surface area contributed by atoms with E-state index in [1.807, 2.05) is 38.1 Å². The van der Waals surface area contributed by atoms with E-state index < -0.39 is 0 Å². The topological polar surface area (TPSA) is 64.6 Å². The summed E-state index contributed by atoms with van der Waals surface area (Å²) in [5.74, 6) is 0.359. The highest BCUT2D eigenvalue weighted by molar-refractivity contribution is 5.94. The number of amides is 1. The standard InChI is InChI=1S/C22H27NO4/c1-3-4-14-27-22(25)18-10-7-11-19(16-18)23-21(24)13-8-15-26-20-12-6-5-9-17(20)2/h5-7,9-12,16H,3-4,8,13-15H2,1-2H3,(H,23,24). The Bertz CT molecular complexity index is 757. The molecule has 0 saturated heterocycles. The smallest absolute Gasteiger partial charge is 0.338 e. The van der Waals surface area contributed by atoms with Crippen molar-refractivity contribution in [2.75, 3.05) is 18.5 Å². The molecule has 0 aromatic heterocycles. The SMILES string of the molecule is CCCCOC(=O)c1cccc(NC(=O)CCCOc2ccccc2C)c1. The second-order valence-corrected chi connectivity index (χ2v) is 6.34. The van der Waals surface area contributed by atoms with Crippen LogP contribution >= 0.6 is 0 Å². The first kappa shape index (κ1) is 20.5. The number of unbranched alkanes of at least 4 members (excludes halogenated alkanes) is 1. The molecule has 1 N–H and O–H groups in total. The van der Waals surface area contributed by atoms with Gasteiger partial charge in [0, 0.05) is 12.1 Å². The van der Waals surface area contributed by atoms with Crippen molar-refractivity contribution >= 4 is 17.6 Å². The average Bonchev–Trinajstić information content (AvgIpc) is 2.67. The Morgan fingerprint density at radius 2 is 1.81 bits per heavy atom. The van der Waals surface area contributed by atoms with Crippen LogP contribution in [-0.2, 0) is 9.53 Å². The summed E-state index contributed by atoms with van der Waals surface area (Å²) in [4.78, 5) is 24.1. The van der Waals surface area contributed by atoms with Gasteiger partial charge in [-0.15, -0.1) is 0 Å². The lowest BCUT2D eigenvalue weighted by Gasteiger charge is -2.10. The van der Waals surface area contributed by atoms with Crippen molar-refractivity contribution in [3.8, 4) is 5.75 Å². The van der Waals surface area contributed by atoms with Gasteiger partial charge in [0.2, 0.25) is 5.91 Å². The van der Waals surface area contributed by atoms with Gasteiger partial charge in [-0.2, -0.15) is 0 Å². The Morgan fingerprint density at radius 3 is 2.59 bits per heavy atom. The molecule has 0 bridgehead atoms. The molecule has 2 aromatic rings. The van der Waals surface area contributed by atoms with E-state index in [9.17, 15) is 9.59 Å². The monoisotopic (exact) mass is 369 g/mol. The van der Waals surface area contributed by atoms with Gasteiger partial charge >= 0.3 is 5.97 Å². The third-order valence-corrected chi connectivity index (χ3v) is 4.01. The lowest BCUT2D eigenvalue weighted by atomic mass is 10.2. The molecule has 2 aromatic carbocycles. The number of carbonyl (C=O) groups excluding carboxylic acids is 2. The molecule has 0 heterocycles. The van der Waals surface area contributed by atoms with Crippen LogP contribution in [0.1, 0.15) is 48.5 Å². The Labute approximate surface area is 160 Å². The molecule has 0 aliphatic rings. The van der Waals surface area contributed by atoms with Crippen LogP contribution in [0.5, 0.6) is 5.75 Å². The summed E-state index contributed by atoms with van der Waals surface area (Å²) in [6.45, 7) is 4.91. The summed E-state index contributed by atoms with van der Waals surface area (Å²) in [7, 11) is 0. The van der Waals surface area contributed by atoms with Gasteiger partial charge in [-0.05, 0) is 49.6 Å². The number of benzene rings is 2. The van der Waals surface area contributed by atoms with Crippen molar-refractivity contribution in [2.45, 2.75) is 39.5 Å². The number of rotatable bonds is 10. The van der Waals surface area contributed by atoms with Gasteiger partial charge in [0.05, 0.1) is 18.8 Å². The lowest BCUT2D eigenvalue weighted by Crippen LogP contribution is -2.14. The fourth-order valence-electron chi connectivity index (χ4n) is 2.47. The molecule has 0 saturated carbocycles. The number of esters is 1. The number of anilines is 1. The Balaban J connectivity index is 1.76. The van der Waals surface area contributed by atoms with Gasteiger partial charge in [0.15, 0.2) is 0 Å². The van der Waals surface area contributed by atoms with Crippen LogP contribution in [0.15, 0.2) is 48.5 Å². The van der Waals surface area contributed by atoms with Crippen LogP contribution in [0.3, 0.4) is 0 Å². The van der Waals surface area contributed by atoms with Crippen LogP contribution in [0.2, 0.25) is 0 Å². The predicted octanol–water partition coefficient (Wildman–Crippen LogP) is 4.75. The Kier molecular flexibility index (Phi) is 8.36. The van der Waals surface area contributed by atoms with E-state index in [1.54, 1.807) is 24.3 Å². The molecule has 5 heteroatoms.